The van der Waals surface area contributed by atoms with Gasteiger partial charge in [0.1, 0.15) is 0 Å². The Morgan fingerprint density at radius 1 is 1.33 bits per heavy atom. The summed E-state index contributed by atoms with van der Waals surface area (Å²) < 4.78 is 10.3. The van der Waals surface area contributed by atoms with Gasteiger partial charge in [-0.2, -0.15) is 0 Å². The van der Waals surface area contributed by atoms with Gasteiger partial charge in [0.2, 0.25) is 0 Å². The van der Waals surface area contributed by atoms with Crippen LogP contribution in [0, 0.1) is 0 Å². The van der Waals surface area contributed by atoms with E-state index in [0.29, 0.717) is 5.56 Å². The first-order chi connectivity index (χ1) is 10.0. The molecule has 0 saturated heterocycles. The summed E-state index contributed by atoms with van der Waals surface area (Å²) in [4.78, 5) is 12.6. The fraction of sp³-hybridized carbons (Fsp3) is 0.471. The zero-order valence-electron chi connectivity index (χ0n) is 13.2. The number of hydrogen-bond donors (Lipinski definition) is 0. The molecule has 0 unspecified atom stereocenters. The van der Waals surface area contributed by atoms with Crippen molar-refractivity contribution in [2.24, 2.45) is 0 Å². The number of benzene rings is 1. The molecular weight excluding hydrogens is 284 g/mol. The first-order valence-corrected chi connectivity index (χ1v) is 8.10. The highest BCUT2D eigenvalue weighted by molar-refractivity contribution is 7.99. The fourth-order valence-electron chi connectivity index (χ4n) is 1.70. The Balaban J connectivity index is 2.50. The molecule has 0 fully saturated rings. The van der Waals surface area contributed by atoms with E-state index in [0.717, 1.165) is 23.7 Å². The van der Waals surface area contributed by atoms with Crippen molar-refractivity contribution in [3.05, 3.63) is 41.5 Å². The molecule has 0 radical (unpaired) electrons. The lowest BCUT2D eigenvalue weighted by Gasteiger charge is -2.08. The highest BCUT2D eigenvalue weighted by Crippen LogP contribution is 2.23. The third kappa shape index (κ3) is 6.82. The minimum atomic E-state index is -0.288. The molecule has 116 valence electrons. The first-order valence-electron chi connectivity index (χ1n) is 7.12. The zero-order chi connectivity index (χ0) is 15.7. The number of methoxy groups -OCH3 is 1. The molecule has 4 heteroatoms. The lowest BCUT2D eigenvalue weighted by molar-refractivity contribution is 0.0596. The van der Waals surface area contributed by atoms with Gasteiger partial charge in [0, 0.05) is 10.6 Å². The normalized spacial score (nSPS) is 11.8. The summed E-state index contributed by atoms with van der Waals surface area (Å²) in [6.07, 6.45) is 3.40. The van der Waals surface area contributed by atoms with Crippen molar-refractivity contribution in [1.82, 2.24) is 0 Å². The van der Waals surface area contributed by atoms with Gasteiger partial charge in [0.25, 0.3) is 0 Å². The zero-order valence-corrected chi connectivity index (χ0v) is 14.0. The predicted molar refractivity (Wildman–Crippen MR) is 88.0 cm³/mol. The molecule has 0 amide bonds. The average Bonchev–Trinajstić information content (AvgIpc) is 2.46. The van der Waals surface area contributed by atoms with Crippen LogP contribution < -0.4 is 0 Å². The second-order valence-electron chi connectivity index (χ2n) is 5.02. The molecule has 0 aliphatic carbocycles. The van der Waals surface area contributed by atoms with Gasteiger partial charge in [-0.15, -0.1) is 11.8 Å². The summed E-state index contributed by atoms with van der Waals surface area (Å²) in [7, 11) is 1.41. The number of carbonyl (C=O) groups is 1. The molecule has 0 spiro atoms. The Kier molecular flexibility index (Phi) is 8.16. The Morgan fingerprint density at radius 3 is 2.71 bits per heavy atom. The van der Waals surface area contributed by atoms with Crippen LogP contribution in [0.2, 0.25) is 0 Å². The van der Waals surface area contributed by atoms with Gasteiger partial charge < -0.3 is 9.47 Å². The molecule has 0 heterocycles. The van der Waals surface area contributed by atoms with E-state index in [2.05, 4.69) is 13.0 Å². The molecule has 0 aliphatic heterocycles. The number of thioether (sulfide) groups is 1. The Hall–Kier alpha value is -1.26. The summed E-state index contributed by atoms with van der Waals surface area (Å²) in [5, 5.41) is 0. The number of ether oxygens (including phenoxy) is 2. The SMILES string of the molecule is COC(=O)c1ccccc1SCC=C(C)CCOC(C)C. The van der Waals surface area contributed by atoms with Gasteiger partial charge in [0.15, 0.2) is 0 Å². The van der Waals surface area contributed by atoms with Crippen LogP contribution in [0.3, 0.4) is 0 Å². The maximum atomic E-state index is 11.7. The maximum Gasteiger partial charge on any atom is 0.338 e. The highest BCUT2D eigenvalue weighted by atomic mass is 32.2. The Morgan fingerprint density at radius 2 is 2.05 bits per heavy atom. The van der Waals surface area contributed by atoms with Crippen molar-refractivity contribution in [3.63, 3.8) is 0 Å². The number of hydrogen-bond acceptors (Lipinski definition) is 4. The predicted octanol–water partition coefficient (Wildman–Crippen LogP) is 4.33. The van der Waals surface area contributed by atoms with Gasteiger partial charge in [-0.3, -0.25) is 0 Å². The molecule has 21 heavy (non-hydrogen) atoms. The van der Waals surface area contributed by atoms with Crippen LogP contribution in [0.15, 0.2) is 40.8 Å². The monoisotopic (exact) mass is 308 g/mol. The highest BCUT2D eigenvalue weighted by Gasteiger charge is 2.10. The van der Waals surface area contributed by atoms with Crippen molar-refractivity contribution in [1.29, 1.82) is 0 Å². The summed E-state index contributed by atoms with van der Waals surface area (Å²) in [5.41, 5.74) is 1.93. The van der Waals surface area contributed by atoms with E-state index in [1.54, 1.807) is 17.8 Å². The van der Waals surface area contributed by atoms with Crippen LogP contribution in [-0.2, 0) is 9.47 Å². The second-order valence-corrected chi connectivity index (χ2v) is 6.08. The van der Waals surface area contributed by atoms with Crippen LogP contribution >= 0.6 is 11.8 Å². The van der Waals surface area contributed by atoms with Crippen molar-refractivity contribution in [2.45, 2.75) is 38.2 Å². The summed E-state index contributed by atoms with van der Waals surface area (Å²) in [5.74, 6) is 0.547. The lowest BCUT2D eigenvalue weighted by atomic mass is 10.2. The number of carbonyl (C=O) groups excluding carboxylic acids is 1. The number of rotatable bonds is 8. The van der Waals surface area contributed by atoms with Crippen LogP contribution in [0.1, 0.15) is 37.6 Å². The quantitative estimate of drug-likeness (QED) is 0.407. The standard InChI is InChI=1S/C17H24O3S/c1-13(2)20-11-9-14(3)10-12-21-16-8-6-5-7-15(16)17(18)19-4/h5-8,10,13H,9,11-12H2,1-4H3. The van der Waals surface area contributed by atoms with E-state index < -0.39 is 0 Å². The van der Waals surface area contributed by atoms with Crippen molar-refractivity contribution >= 4 is 17.7 Å². The topological polar surface area (TPSA) is 35.5 Å². The molecule has 1 rings (SSSR count). The molecule has 0 aliphatic rings. The third-order valence-electron chi connectivity index (χ3n) is 2.91. The smallest absolute Gasteiger partial charge is 0.338 e. The van der Waals surface area contributed by atoms with Gasteiger partial charge in [-0.25, -0.2) is 4.79 Å². The molecule has 1 aromatic rings. The third-order valence-corrected chi connectivity index (χ3v) is 3.91. The molecule has 0 aromatic heterocycles. The van der Waals surface area contributed by atoms with Gasteiger partial charge >= 0.3 is 5.97 Å². The molecular formula is C17H24O3S. The summed E-state index contributed by atoms with van der Waals surface area (Å²) in [6.45, 7) is 6.94. The van der Waals surface area contributed by atoms with E-state index in [-0.39, 0.29) is 12.1 Å². The number of esters is 1. The van der Waals surface area contributed by atoms with Gasteiger partial charge in [-0.05, 0) is 39.3 Å². The molecule has 3 nitrogen and oxygen atoms in total. The van der Waals surface area contributed by atoms with E-state index in [1.165, 1.54) is 12.7 Å². The van der Waals surface area contributed by atoms with E-state index >= 15 is 0 Å². The minimum absolute atomic E-state index is 0.277. The van der Waals surface area contributed by atoms with Crippen LogP contribution in [0.25, 0.3) is 0 Å². The molecule has 0 bridgehead atoms. The van der Waals surface area contributed by atoms with Crippen molar-refractivity contribution in [2.75, 3.05) is 19.5 Å². The summed E-state index contributed by atoms with van der Waals surface area (Å²) in [6, 6.07) is 7.52. The maximum absolute atomic E-state index is 11.7. The van der Waals surface area contributed by atoms with E-state index in [4.69, 9.17) is 9.47 Å². The average molecular weight is 308 g/mol. The second kappa shape index (κ2) is 9.64. The molecule has 0 saturated carbocycles. The largest absolute Gasteiger partial charge is 0.465 e. The minimum Gasteiger partial charge on any atom is -0.465 e. The molecule has 1 aromatic carbocycles. The fourth-order valence-corrected chi connectivity index (χ4v) is 2.73. The van der Waals surface area contributed by atoms with Gasteiger partial charge in [-0.1, -0.05) is 23.8 Å². The first kappa shape index (κ1) is 17.8. The van der Waals surface area contributed by atoms with Crippen molar-refractivity contribution < 1.29 is 14.3 Å². The summed E-state index contributed by atoms with van der Waals surface area (Å²) >= 11 is 1.64. The van der Waals surface area contributed by atoms with Crippen LogP contribution in [0.4, 0.5) is 0 Å². The molecule has 0 N–H and O–H groups in total. The van der Waals surface area contributed by atoms with Crippen LogP contribution in [0.5, 0.6) is 0 Å². The van der Waals surface area contributed by atoms with E-state index in [9.17, 15) is 4.79 Å². The van der Waals surface area contributed by atoms with Crippen LogP contribution in [-0.4, -0.2) is 31.5 Å². The van der Waals surface area contributed by atoms with E-state index in [1.807, 2.05) is 32.0 Å². The van der Waals surface area contributed by atoms with Crippen molar-refractivity contribution in [3.8, 4) is 0 Å². The lowest BCUT2D eigenvalue weighted by Crippen LogP contribution is -2.04. The van der Waals surface area contributed by atoms with Gasteiger partial charge in [0.05, 0.1) is 25.4 Å². The Labute approximate surface area is 131 Å². The molecule has 0 atom stereocenters. The Bertz CT molecular complexity index is 481.